The number of carbonyl (C=O) groups is 1. The van der Waals surface area contributed by atoms with Crippen LogP contribution in [0.25, 0.3) is 0 Å². The molecule has 0 aromatic heterocycles. The lowest BCUT2D eigenvalue weighted by Gasteiger charge is -2.07. The Morgan fingerprint density at radius 2 is 1.92 bits per heavy atom. The van der Waals surface area contributed by atoms with E-state index in [1.165, 1.54) is 5.56 Å². The summed E-state index contributed by atoms with van der Waals surface area (Å²) in [4.78, 5) is 11.8. The fraction of sp³-hybridized carbons (Fsp3) is 0.263. The minimum atomic E-state index is -0.360. The number of hydrazone groups is 1. The van der Waals surface area contributed by atoms with Gasteiger partial charge in [-0.3, -0.25) is 4.79 Å². The number of ether oxygens (including phenoxy) is 1. The van der Waals surface area contributed by atoms with Crippen molar-refractivity contribution in [2.75, 3.05) is 6.61 Å². The largest absolute Gasteiger partial charge is 0.507 e. The first-order valence-electron chi connectivity index (χ1n) is 7.84. The van der Waals surface area contributed by atoms with Gasteiger partial charge in [0.25, 0.3) is 5.91 Å². The molecule has 5 nitrogen and oxygen atoms in total. The highest BCUT2D eigenvalue weighted by Gasteiger charge is 2.07. The van der Waals surface area contributed by atoms with Crippen LogP contribution in [0, 0.1) is 6.92 Å². The summed E-state index contributed by atoms with van der Waals surface area (Å²) in [5.74, 6) is 0.406. The lowest BCUT2D eigenvalue weighted by molar-refractivity contribution is -0.123. The molecule has 0 heterocycles. The quantitative estimate of drug-likeness (QED) is 0.632. The predicted octanol–water partition coefficient (Wildman–Crippen LogP) is 3.18. The molecule has 0 bridgehead atoms. The molecule has 0 aliphatic carbocycles. The molecule has 2 aromatic rings. The number of benzene rings is 2. The molecular weight excluding hydrogens is 304 g/mol. The summed E-state index contributed by atoms with van der Waals surface area (Å²) >= 11 is 0. The molecule has 0 saturated carbocycles. The minimum absolute atomic E-state index is 0.123. The van der Waals surface area contributed by atoms with Crippen molar-refractivity contribution in [1.82, 2.24) is 5.43 Å². The minimum Gasteiger partial charge on any atom is -0.507 e. The van der Waals surface area contributed by atoms with Gasteiger partial charge in [-0.2, -0.15) is 5.10 Å². The van der Waals surface area contributed by atoms with Gasteiger partial charge < -0.3 is 9.84 Å². The number of amides is 1. The van der Waals surface area contributed by atoms with Crippen molar-refractivity contribution in [3.8, 4) is 11.5 Å². The SMILES string of the molecule is CCc1ccc(OCC(=O)N/N=C(\C)c2cc(C)ccc2O)cc1. The number of nitrogens with zero attached hydrogens (tertiary/aromatic N) is 1. The number of hydrogen-bond acceptors (Lipinski definition) is 4. The predicted molar refractivity (Wildman–Crippen MR) is 94.5 cm³/mol. The Bertz CT molecular complexity index is 737. The van der Waals surface area contributed by atoms with Crippen LogP contribution < -0.4 is 10.2 Å². The third-order valence-electron chi connectivity index (χ3n) is 3.59. The number of aryl methyl sites for hydroxylation is 2. The maximum atomic E-state index is 11.8. The van der Waals surface area contributed by atoms with Gasteiger partial charge in [0.05, 0.1) is 5.71 Å². The second-order valence-corrected chi connectivity index (χ2v) is 5.54. The van der Waals surface area contributed by atoms with Crippen LogP contribution in [0.4, 0.5) is 0 Å². The highest BCUT2D eigenvalue weighted by atomic mass is 16.5. The van der Waals surface area contributed by atoms with Crippen LogP contribution >= 0.6 is 0 Å². The van der Waals surface area contributed by atoms with Crippen molar-refractivity contribution >= 4 is 11.6 Å². The highest BCUT2D eigenvalue weighted by molar-refractivity contribution is 6.01. The standard InChI is InChI=1S/C19H22N2O3/c1-4-15-6-8-16(9-7-15)24-12-19(23)21-20-14(3)17-11-13(2)5-10-18(17)22/h5-11,22H,4,12H2,1-3H3,(H,21,23)/b20-14+. The van der Waals surface area contributed by atoms with E-state index in [9.17, 15) is 9.90 Å². The van der Waals surface area contributed by atoms with Crippen LogP contribution in [0.15, 0.2) is 47.6 Å². The van der Waals surface area contributed by atoms with Crippen molar-refractivity contribution in [3.05, 3.63) is 59.2 Å². The van der Waals surface area contributed by atoms with Crippen molar-refractivity contribution in [2.24, 2.45) is 5.10 Å². The number of nitrogens with one attached hydrogen (secondary N) is 1. The van der Waals surface area contributed by atoms with E-state index in [1.54, 1.807) is 13.0 Å². The Labute approximate surface area is 142 Å². The van der Waals surface area contributed by atoms with Crippen molar-refractivity contribution < 1.29 is 14.6 Å². The van der Waals surface area contributed by atoms with E-state index in [0.29, 0.717) is 17.0 Å². The average molecular weight is 326 g/mol. The lowest BCUT2D eigenvalue weighted by atomic mass is 10.1. The van der Waals surface area contributed by atoms with Gasteiger partial charge in [0, 0.05) is 5.56 Å². The molecule has 5 heteroatoms. The molecular formula is C19H22N2O3. The molecule has 0 saturated heterocycles. The van der Waals surface area contributed by atoms with Crippen LogP contribution in [-0.2, 0) is 11.2 Å². The van der Waals surface area contributed by atoms with Gasteiger partial charge in [-0.25, -0.2) is 5.43 Å². The van der Waals surface area contributed by atoms with Crippen LogP contribution in [0.1, 0.15) is 30.5 Å². The molecule has 0 spiro atoms. The van der Waals surface area contributed by atoms with Gasteiger partial charge >= 0.3 is 0 Å². The number of aromatic hydroxyl groups is 1. The molecule has 0 aliphatic heterocycles. The fourth-order valence-electron chi connectivity index (χ4n) is 2.15. The first-order valence-corrected chi connectivity index (χ1v) is 7.84. The van der Waals surface area contributed by atoms with Crippen molar-refractivity contribution in [2.45, 2.75) is 27.2 Å². The Kier molecular flexibility index (Phi) is 5.95. The van der Waals surface area contributed by atoms with Gasteiger partial charge in [0.2, 0.25) is 0 Å². The van der Waals surface area contributed by atoms with Crippen LogP contribution in [0.3, 0.4) is 0 Å². The molecule has 2 rings (SSSR count). The summed E-state index contributed by atoms with van der Waals surface area (Å²) in [5, 5.41) is 13.9. The molecule has 0 aliphatic rings. The van der Waals surface area contributed by atoms with E-state index in [2.05, 4.69) is 17.5 Å². The second kappa shape index (κ2) is 8.15. The van der Waals surface area contributed by atoms with Gasteiger partial charge in [0.15, 0.2) is 6.61 Å². The summed E-state index contributed by atoms with van der Waals surface area (Å²) in [6, 6.07) is 12.8. The van der Waals surface area contributed by atoms with Gasteiger partial charge in [-0.15, -0.1) is 0 Å². The molecule has 2 N–H and O–H groups in total. The van der Waals surface area contributed by atoms with Crippen LogP contribution in [0.2, 0.25) is 0 Å². The maximum Gasteiger partial charge on any atom is 0.277 e. The fourth-order valence-corrected chi connectivity index (χ4v) is 2.15. The molecule has 0 unspecified atom stereocenters. The van der Waals surface area contributed by atoms with E-state index in [0.717, 1.165) is 12.0 Å². The number of phenolic OH excluding ortho intramolecular Hbond substituents is 1. The summed E-state index contributed by atoms with van der Waals surface area (Å²) in [6.07, 6.45) is 0.959. The Hall–Kier alpha value is -2.82. The van der Waals surface area contributed by atoms with Crippen LogP contribution in [-0.4, -0.2) is 23.3 Å². The zero-order chi connectivity index (χ0) is 17.5. The first-order chi connectivity index (χ1) is 11.5. The summed E-state index contributed by atoms with van der Waals surface area (Å²) in [5.41, 5.74) is 5.76. The molecule has 0 fully saturated rings. The van der Waals surface area contributed by atoms with Crippen LogP contribution in [0.5, 0.6) is 11.5 Å². The molecule has 0 radical (unpaired) electrons. The zero-order valence-electron chi connectivity index (χ0n) is 14.2. The molecule has 0 atom stereocenters. The smallest absolute Gasteiger partial charge is 0.277 e. The third-order valence-corrected chi connectivity index (χ3v) is 3.59. The lowest BCUT2D eigenvalue weighted by Crippen LogP contribution is -2.25. The van der Waals surface area contributed by atoms with Crippen molar-refractivity contribution in [1.29, 1.82) is 0 Å². The van der Waals surface area contributed by atoms with Gasteiger partial charge in [-0.1, -0.05) is 30.7 Å². The molecule has 2 aromatic carbocycles. The number of phenols is 1. The normalized spacial score (nSPS) is 11.2. The van der Waals surface area contributed by atoms with Gasteiger partial charge in [-0.05, 0) is 50.1 Å². The Morgan fingerprint density at radius 1 is 1.21 bits per heavy atom. The van der Waals surface area contributed by atoms with E-state index in [-0.39, 0.29) is 18.3 Å². The van der Waals surface area contributed by atoms with E-state index < -0.39 is 0 Å². The second-order valence-electron chi connectivity index (χ2n) is 5.54. The van der Waals surface area contributed by atoms with E-state index in [1.807, 2.05) is 43.3 Å². The summed E-state index contributed by atoms with van der Waals surface area (Å²) < 4.78 is 5.42. The zero-order valence-corrected chi connectivity index (χ0v) is 14.2. The molecule has 126 valence electrons. The first kappa shape index (κ1) is 17.5. The Balaban J connectivity index is 1.90. The topological polar surface area (TPSA) is 70.9 Å². The number of rotatable bonds is 6. The summed E-state index contributed by atoms with van der Waals surface area (Å²) in [6.45, 7) is 5.60. The monoisotopic (exact) mass is 326 g/mol. The molecule has 1 amide bonds. The van der Waals surface area contributed by atoms with E-state index >= 15 is 0 Å². The van der Waals surface area contributed by atoms with Gasteiger partial charge in [0.1, 0.15) is 11.5 Å². The highest BCUT2D eigenvalue weighted by Crippen LogP contribution is 2.18. The van der Waals surface area contributed by atoms with E-state index in [4.69, 9.17) is 4.74 Å². The third kappa shape index (κ3) is 4.84. The Morgan fingerprint density at radius 3 is 2.58 bits per heavy atom. The maximum absolute atomic E-state index is 11.8. The van der Waals surface area contributed by atoms with Crippen molar-refractivity contribution in [3.63, 3.8) is 0 Å². The number of carbonyl (C=O) groups excluding carboxylic acids is 1. The number of hydrogen-bond donors (Lipinski definition) is 2. The molecule has 24 heavy (non-hydrogen) atoms. The summed E-state index contributed by atoms with van der Waals surface area (Å²) in [7, 11) is 0. The average Bonchev–Trinajstić information content (AvgIpc) is 2.60.